The highest BCUT2D eigenvalue weighted by atomic mass is 32.2. The smallest absolute Gasteiger partial charge is 0.243 e. The number of benzene rings is 1. The zero-order chi connectivity index (χ0) is 20.9. The minimum Gasteiger partial charge on any atom is -0.493 e. The van der Waals surface area contributed by atoms with Crippen molar-refractivity contribution in [2.75, 3.05) is 20.8 Å². The summed E-state index contributed by atoms with van der Waals surface area (Å²) in [5.74, 6) is 0.490. The van der Waals surface area contributed by atoms with Crippen LogP contribution in [0.2, 0.25) is 0 Å². The summed E-state index contributed by atoms with van der Waals surface area (Å²) in [5.41, 5.74) is -0.428. The second-order valence-corrected chi connectivity index (χ2v) is 10.0. The molecule has 0 heterocycles. The maximum absolute atomic E-state index is 13.5. The van der Waals surface area contributed by atoms with Gasteiger partial charge in [-0.2, -0.15) is 4.31 Å². The molecule has 0 saturated heterocycles. The maximum atomic E-state index is 13.5. The number of amides is 1. The Morgan fingerprint density at radius 1 is 1.11 bits per heavy atom. The first-order chi connectivity index (χ1) is 13.1. The molecule has 2 rings (SSSR count). The van der Waals surface area contributed by atoms with Crippen molar-refractivity contribution in [3.05, 3.63) is 18.2 Å². The fourth-order valence-corrected chi connectivity index (χ4v) is 5.15. The molecule has 1 aliphatic rings. The molecule has 7 nitrogen and oxygen atoms in total. The Balaban J connectivity index is 2.38. The fourth-order valence-electron chi connectivity index (χ4n) is 3.49. The van der Waals surface area contributed by atoms with Gasteiger partial charge in [0.2, 0.25) is 15.9 Å². The van der Waals surface area contributed by atoms with Gasteiger partial charge in [0.1, 0.15) is 0 Å². The maximum Gasteiger partial charge on any atom is 0.243 e. The summed E-state index contributed by atoms with van der Waals surface area (Å²) in [6, 6.07) is 4.33. The van der Waals surface area contributed by atoms with Crippen LogP contribution in [0.25, 0.3) is 0 Å². The van der Waals surface area contributed by atoms with Crippen LogP contribution in [0.3, 0.4) is 0 Å². The summed E-state index contributed by atoms with van der Waals surface area (Å²) >= 11 is 0. The van der Waals surface area contributed by atoms with Crippen molar-refractivity contribution in [2.45, 2.75) is 69.4 Å². The van der Waals surface area contributed by atoms with Gasteiger partial charge < -0.3 is 14.8 Å². The molecule has 1 amide bonds. The monoisotopic (exact) mass is 412 g/mol. The van der Waals surface area contributed by atoms with E-state index in [1.165, 1.54) is 30.7 Å². The Hall–Kier alpha value is -1.80. The normalized spacial score (nSPS) is 16.1. The van der Waals surface area contributed by atoms with Crippen LogP contribution in [0.15, 0.2) is 23.1 Å². The Morgan fingerprint density at radius 2 is 1.71 bits per heavy atom. The number of nitrogens with one attached hydrogen (secondary N) is 1. The molecular weight excluding hydrogens is 380 g/mol. The topological polar surface area (TPSA) is 84.9 Å². The van der Waals surface area contributed by atoms with E-state index in [2.05, 4.69) is 5.32 Å². The molecule has 1 fully saturated rings. The van der Waals surface area contributed by atoms with Crippen LogP contribution in [-0.4, -0.2) is 51.0 Å². The highest BCUT2D eigenvalue weighted by Gasteiger charge is 2.35. The van der Waals surface area contributed by atoms with Crippen molar-refractivity contribution in [1.29, 1.82) is 0 Å². The molecule has 0 unspecified atom stereocenters. The van der Waals surface area contributed by atoms with Gasteiger partial charge in [-0.25, -0.2) is 8.42 Å². The molecule has 0 atom stereocenters. The molecule has 1 aromatic rings. The molecule has 0 spiro atoms. The van der Waals surface area contributed by atoms with E-state index in [0.29, 0.717) is 11.5 Å². The number of hydrogen-bond donors (Lipinski definition) is 1. The van der Waals surface area contributed by atoms with Gasteiger partial charge in [0.25, 0.3) is 0 Å². The van der Waals surface area contributed by atoms with E-state index in [4.69, 9.17) is 9.47 Å². The van der Waals surface area contributed by atoms with Crippen LogP contribution < -0.4 is 14.8 Å². The lowest BCUT2D eigenvalue weighted by atomic mass is 9.95. The summed E-state index contributed by atoms with van der Waals surface area (Å²) in [6.45, 7) is 5.43. The van der Waals surface area contributed by atoms with Crippen molar-refractivity contribution in [3.8, 4) is 11.5 Å². The molecule has 8 heteroatoms. The van der Waals surface area contributed by atoms with Crippen LogP contribution >= 0.6 is 0 Å². The Morgan fingerprint density at radius 3 is 2.25 bits per heavy atom. The van der Waals surface area contributed by atoms with Crippen molar-refractivity contribution in [3.63, 3.8) is 0 Å². The van der Waals surface area contributed by atoms with Gasteiger partial charge in [0.05, 0.1) is 25.7 Å². The number of carbonyl (C=O) groups excluding carboxylic acids is 1. The first-order valence-corrected chi connectivity index (χ1v) is 11.1. The first-order valence-electron chi connectivity index (χ1n) is 9.63. The van der Waals surface area contributed by atoms with Crippen LogP contribution in [0.5, 0.6) is 11.5 Å². The van der Waals surface area contributed by atoms with Crippen LogP contribution in [0.1, 0.15) is 52.9 Å². The number of nitrogens with zero attached hydrogens (tertiary/aromatic N) is 1. The zero-order valence-electron chi connectivity index (χ0n) is 17.4. The van der Waals surface area contributed by atoms with Gasteiger partial charge in [0.15, 0.2) is 11.5 Å². The lowest BCUT2D eigenvalue weighted by molar-refractivity contribution is -0.123. The van der Waals surface area contributed by atoms with Gasteiger partial charge in [-0.05, 0) is 45.7 Å². The van der Waals surface area contributed by atoms with Crippen molar-refractivity contribution >= 4 is 15.9 Å². The predicted molar refractivity (Wildman–Crippen MR) is 108 cm³/mol. The molecule has 0 radical (unpaired) electrons. The van der Waals surface area contributed by atoms with Gasteiger partial charge in [-0.1, -0.05) is 19.3 Å². The van der Waals surface area contributed by atoms with E-state index in [1.807, 2.05) is 20.8 Å². The number of hydrogen-bond acceptors (Lipinski definition) is 5. The molecular formula is C20H32N2O5S. The van der Waals surface area contributed by atoms with E-state index in [9.17, 15) is 13.2 Å². The van der Waals surface area contributed by atoms with E-state index in [-0.39, 0.29) is 23.4 Å². The Labute approximate surface area is 168 Å². The lowest BCUT2D eigenvalue weighted by Crippen LogP contribution is -2.50. The first kappa shape index (κ1) is 22.5. The summed E-state index contributed by atoms with van der Waals surface area (Å²) < 4.78 is 38.7. The predicted octanol–water partition coefficient (Wildman–Crippen LogP) is 2.94. The third-order valence-electron chi connectivity index (χ3n) is 4.76. The third kappa shape index (κ3) is 5.61. The molecule has 0 bridgehead atoms. The SMILES string of the molecule is COc1ccc(S(=O)(=O)N(CC(=O)NC(C)(C)C)C2CCCCC2)cc1OC. The van der Waals surface area contributed by atoms with Gasteiger partial charge in [-0.15, -0.1) is 0 Å². The van der Waals surface area contributed by atoms with Crippen molar-refractivity contribution in [1.82, 2.24) is 9.62 Å². The second-order valence-electron chi connectivity index (χ2n) is 8.16. The highest BCUT2D eigenvalue weighted by molar-refractivity contribution is 7.89. The average Bonchev–Trinajstić information content (AvgIpc) is 2.64. The van der Waals surface area contributed by atoms with Gasteiger partial charge in [-0.3, -0.25) is 4.79 Å². The molecule has 158 valence electrons. The molecule has 0 aliphatic heterocycles. The van der Waals surface area contributed by atoms with Crippen LogP contribution in [-0.2, 0) is 14.8 Å². The average molecular weight is 413 g/mol. The largest absolute Gasteiger partial charge is 0.493 e. The van der Waals surface area contributed by atoms with Gasteiger partial charge >= 0.3 is 0 Å². The molecule has 0 aromatic heterocycles. The summed E-state index contributed by atoms with van der Waals surface area (Å²) in [5, 5.41) is 2.86. The third-order valence-corrected chi connectivity index (χ3v) is 6.65. The van der Waals surface area contributed by atoms with E-state index in [0.717, 1.165) is 32.1 Å². The molecule has 1 N–H and O–H groups in total. The quantitative estimate of drug-likeness (QED) is 0.744. The molecule has 1 saturated carbocycles. The molecule has 1 aromatic carbocycles. The number of carbonyl (C=O) groups is 1. The fraction of sp³-hybridized carbons (Fsp3) is 0.650. The zero-order valence-corrected chi connectivity index (χ0v) is 18.3. The van der Waals surface area contributed by atoms with Crippen LogP contribution in [0.4, 0.5) is 0 Å². The minimum absolute atomic E-state index is 0.0966. The number of methoxy groups -OCH3 is 2. The van der Waals surface area contributed by atoms with E-state index < -0.39 is 15.6 Å². The van der Waals surface area contributed by atoms with E-state index in [1.54, 1.807) is 6.07 Å². The highest BCUT2D eigenvalue weighted by Crippen LogP contribution is 2.33. The van der Waals surface area contributed by atoms with Crippen molar-refractivity contribution in [2.24, 2.45) is 0 Å². The van der Waals surface area contributed by atoms with Gasteiger partial charge in [0, 0.05) is 17.6 Å². The summed E-state index contributed by atoms with van der Waals surface area (Å²) in [7, 11) is -0.913. The lowest BCUT2D eigenvalue weighted by Gasteiger charge is -2.34. The van der Waals surface area contributed by atoms with Crippen LogP contribution in [0, 0.1) is 0 Å². The Bertz CT molecular complexity index is 780. The van der Waals surface area contributed by atoms with Crippen molar-refractivity contribution < 1.29 is 22.7 Å². The summed E-state index contributed by atoms with van der Waals surface area (Å²) in [6.07, 6.45) is 4.53. The Kier molecular flexibility index (Phi) is 7.33. The minimum atomic E-state index is -3.87. The summed E-state index contributed by atoms with van der Waals surface area (Å²) in [4.78, 5) is 12.6. The number of rotatable bonds is 7. The second kappa shape index (κ2) is 9.13. The molecule has 1 aliphatic carbocycles. The standard InChI is InChI=1S/C20H32N2O5S/c1-20(2,3)21-19(23)14-22(15-9-7-6-8-10-15)28(24,25)16-11-12-17(26-4)18(13-16)27-5/h11-13,15H,6-10,14H2,1-5H3,(H,21,23). The molecule has 28 heavy (non-hydrogen) atoms. The number of sulfonamides is 1. The van der Waals surface area contributed by atoms with E-state index >= 15 is 0 Å². The number of ether oxygens (including phenoxy) is 2.